The van der Waals surface area contributed by atoms with Crippen LogP contribution in [0.5, 0.6) is 0 Å². The summed E-state index contributed by atoms with van der Waals surface area (Å²) in [5, 5.41) is 2.53. The zero-order chi connectivity index (χ0) is 4.41. The Labute approximate surface area is 58.7 Å². The number of thiophene rings is 1. The minimum Gasteiger partial charge on any atom is -0.690 e. The van der Waals surface area contributed by atoms with Gasteiger partial charge < -0.3 is 5.73 Å². The maximum atomic E-state index is 6.89. The van der Waals surface area contributed by atoms with Gasteiger partial charge in [0, 0.05) is 0 Å². The molecule has 7 heavy (non-hydrogen) atoms. The molecule has 0 bridgehead atoms. The van der Waals surface area contributed by atoms with E-state index in [2.05, 4.69) is 0 Å². The van der Waals surface area contributed by atoms with Gasteiger partial charge in [-0.3, -0.25) is 0 Å². The number of rotatable bonds is 0. The monoisotopic (exact) mass is 105 g/mol. The number of hydrogen-bond donors (Lipinski definition) is 0. The molecule has 0 unspecified atom stereocenters. The van der Waals surface area contributed by atoms with Crippen LogP contribution in [-0.4, -0.2) is 0 Å². The van der Waals surface area contributed by atoms with E-state index < -0.39 is 0 Å². The van der Waals surface area contributed by atoms with Gasteiger partial charge in [0.05, 0.1) is 0 Å². The number of hydrogen-bond acceptors (Lipinski definition) is 1. The quantitative estimate of drug-likeness (QED) is 0.395. The molecule has 1 aromatic rings. The summed E-state index contributed by atoms with van der Waals surface area (Å²) in [6.07, 6.45) is 0. The molecule has 0 aliphatic rings. The molecule has 0 spiro atoms. The van der Waals surface area contributed by atoms with Crippen molar-refractivity contribution in [3.05, 3.63) is 23.2 Å². The standard InChI is InChI=1S/C4H4NS.Li/c5-4-2-1-3-6-4;/h1-3,5H;/q-1;+1. The van der Waals surface area contributed by atoms with Crippen LogP contribution in [0.15, 0.2) is 17.5 Å². The van der Waals surface area contributed by atoms with E-state index >= 15 is 0 Å². The van der Waals surface area contributed by atoms with Gasteiger partial charge in [0.2, 0.25) is 0 Å². The molecule has 0 radical (unpaired) electrons. The average Bonchev–Trinajstić information content (AvgIpc) is 1.86. The van der Waals surface area contributed by atoms with Crippen LogP contribution in [0.25, 0.3) is 5.73 Å². The molecule has 0 aliphatic heterocycles. The minimum absolute atomic E-state index is 0. The molecule has 1 heterocycles. The average molecular weight is 105 g/mol. The smallest absolute Gasteiger partial charge is 0.690 e. The minimum atomic E-state index is 0. The third kappa shape index (κ3) is 2.03. The van der Waals surface area contributed by atoms with Gasteiger partial charge in [-0.2, -0.15) is 11.3 Å². The van der Waals surface area contributed by atoms with Crippen molar-refractivity contribution < 1.29 is 18.9 Å². The number of nitrogens with one attached hydrogen (secondary N) is 1. The summed E-state index contributed by atoms with van der Waals surface area (Å²) in [6.45, 7) is 0. The first kappa shape index (κ1) is 7.10. The Kier molecular flexibility index (Phi) is 3.19. The predicted molar refractivity (Wildman–Crippen MR) is 28.3 cm³/mol. The summed E-state index contributed by atoms with van der Waals surface area (Å²) < 4.78 is 0. The summed E-state index contributed by atoms with van der Waals surface area (Å²) in [6, 6.07) is 3.64. The zero-order valence-electron chi connectivity index (χ0n) is 4.14. The first-order chi connectivity index (χ1) is 2.89. The summed E-state index contributed by atoms with van der Waals surface area (Å²) in [7, 11) is 0. The van der Waals surface area contributed by atoms with Gasteiger partial charge in [0.15, 0.2) is 0 Å². The van der Waals surface area contributed by atoms with Gasteiger partial charge in [0.25, 0.3) is 0 Å². The first-order valence-electron chi connectivity index (χ1n) is 1.65. The van der Waals surface area contributed by atoms with E-state index in [1.165, 1.54) is 11.3 Å². The molecule has 0 saturated heterocycles. The zero-order valence-corrected chi connectivity index (χ0v) is 4.96. The molecule has 3 heteroatoms. The molecule has 0 saturated carbocycles. The molecule has 1 N–H and O–H groups in total. The Morgan fingerprint density at radius 1 is 1.57 bits per heavy atom. The van der Waals surface area contributed by atoms with Crippen molar-refractivity contribution in [2.75, 3.05) is 0 Å². The second kappa shape index (κ2) is 3.15. The predicted octanol–water partition coefficient (Wildman–Crippen LogP) is -0.564. The van der Waals surface area contributed by atoms with Crippen molar-refractivity contribution in [2.45, 2.75) is 0 Å². The van der Waals surface area contributed by atoms with E-state index in [-0.39, 0.29) is 18.9 Å². The van der Waals surface area contributed by atoms with Gasteiger partial charge in [-0.05, 0) is 5.38 Å². The van der Waals surface area contributed by atoms with Crippen LogP contribution in [0, 0.1) is 0 Å². The van der Waals surface area contributed by atoms with Gasteiger partial charge in [-0.1, -0.05) is 17.1 Å². The van der Waals surface area contributed by atoms with Crippen molar-refractivity contribution >= 4 is 16.3 Å². The van der Waals surface area contributed by atoms with Gasteiger partial charge >= 0.3 is 18.9 Å². The van der Waals surface area contributed by atoms with E-state index in [0.717, 1.165) is 0 Å². The normalized spacial score (nSPS) is 7.43. The van der Waals surface area contributed by atoms with Gasteiger partial charge in [-0.25, -0.2) is 0 Å². The Hall–Kier alpha value is 0.0974. The SMILES string of the molecule is [Li+].[NH-]c1cccs1. The Bertz CT molecular complexity index is 115. The molecule has 1 aromatic heterocycles. The van der Waals surface area contributed by atoms with Crippen LogP contribution in [-0.2, 0) is 0 Å². The molecule has 0 atom stereocenters. The topological polar surface area (TPSA) is 23.8 Å². The van der Waals surface area contributed by atoms with Crippen LogP contribution in [0.3, 0.4) is 0 Å². The Morgan fingerprint density at radius 3 is 2.43 bits per heavy atom. The van der Waals surface area contributed by atoms with Crippen LogP contribution < -0.4 is 18.9 Å². The van der Waals surface area contributed by atoms with Crippen molar-refractivity contribution in [1.29, 1.82) is 0 Å². The van der Waals surface area contributed by atoms with E-state index in [0.29, 0.717) is 5.00 Å². The van der Waals surface area contributed by atoms with E-state index in [4.69, 9.17) is 5.73 Å². The van der Waals surface area contributed by atoms with Gasteiger partial charge in [-0.15, -0.1) is 0 Å². The molecular formula is C4H4LiNS. The largest absolute Gasteiger partial charge is 1.00 e. The van der Waals surface area contributed by atoms with Crippen molar-refractivity contribution in [1.82, 2.24) is 0 Å². The van der Waals surface area contributed by atoms with E-state index in [1.54, 1.807) is 6.07 Å². The first-order valence-corrected chi connectivity index (χ1v) is 2.52. The van der Waals surface area contributed by atoms with Crippen LogP contribution in [0.1, 0.15) is 0 Å². The summed E-state index contributed by atoms with van der Waals surface area (Å²) >= 11 is 1.44. The maximum absolute atomic E-state index is 6.89. The molecule has 0 amide bonds. The molecule has 1 nitrogen and oxygen atoms in total. The van der Waals surface area contributed by atoms with Crippen molar-refractivity contribution in [3.8, 4) is 0 Å². The third-order valence-corrected chi connectivity index (χ3v) is 1.20. The Morgan fingerprint density at radius 2 is 2.29 bits per heavy atom. The van der Waals surface area contributed by atoms with Crippen molar-refractivity contribution in [3.63, 3.8) is 0 Å². The fraction of sp³-hybridized carbons (Fsp3) is 0. The Balaban J connectivity index is 0.000000360. The molecule has 0 fully saturated rings. The second-order valence-electron chi connectivity index (χ2n) is 0.977. The van der Waals surface area contributed by atoms with Crippen LogP contribution in [0.4, 0.5) is 5.00 Å². The molecule has 32 valence electrons. The van der Waals surface area contributed by atoms with Gasteiger partial charge in [0.1, 0.15) is 0 Å². The second-order valence-corrected chi connectivity index (χ2v) is 1.92. The molecular weight excluding hydrogens is 101 g/mol. The molecule has 1 rings (SSSR count). The van der Waals surface area contributed by atoms with Crippen LogP contribution in [0.2, 0.25) is 0 Å². The van der Waals surface area contributed by atoms with Crippen molar-refractivity contribution in [2.24, 2.45) is 0 Å². The fourth-order valence-corrected chi connectivity index (χ4v) is 0.739. The van der Waals surface area contributed by atoms with Crippen LogP contribution >= 0.6 is 11.3 Å². The summed E-state index contributed by atoms with van der Waals surface area (Å²) in [5.74, 6) is 0. The van der Waals surface area contributed by atoms with E-state index in [9.17, 15) is 0 Å². The third-order valence-electron chi connectivity index (χ3n) is 0.521. The van der Waals surface area contributed by atoms with E-state index in [1.807, 2.05) is 11.4 Å². The maximum Gasteiger partial charge on any atom is 1.00 e. The summed E-state index contributed by atoms with van der Waals surface area (Å²) in [5.41, 5.74) is 6.89. The molecule has 0 aromatic carbocycles. The summed E-state index contributed by atoms with van der Waals surface area (Å²) in [4.78, 5) is 0. The molecule has 0 aliphatic carbocycles. The fourth-order valence-electron chi connectivity index (χ4n) is 0.279.